The lowest BCUT2D eigenvalue weighted by Crippen LogP contribution is -2.54. The summed E-state index contributed by atoms with van der Waals surface area (Å²) >= 11 is 0. The van der Waals surface area contributed by atoms with E-state index in [0.717, 1.165) is 4.90 Å². The van der Waals surface area contributed by atoms with Gasteiger partial charge in [-0.15, -0.1) is 0 Å². The van der Waals surface area contributed by atoms with Crippen LogP contribution in [0.1, 0.15) is 16.1 Å². The molecule has 4 rings (SSSR count). The number of anilines is 1. The minimum Gasteiger partial charge on any atom is -0.497 e. The van der Waals surface area contributed by atoms with Crippen LogP contribution in [-0.2, 0) is 9.59 Å². The van der Waals surface area contributed by atoms with Crippen molar-refractivity contribution in [2.45, 2.75) is 0 Å². The summed E-state index contributed by atoms with van der Waals surface area (Å²) in [5.41, 5.74) is 0.197. The van der Waals surface area contributed by atoms with Crippen molar-refractivity contribution in [1.82, 2.24) is 5.32 Å². The van der Waals surface area contributed by atoms with E-state index in [2.05, 4.69) is 5.32 Å². The van der Waals surface area contributed by atoms with Crippen LogP contribution in [0.4, 0.5) is 10.5 Å². The lowest BCUT2D eigenvalue weighted by Gasteiger charge is -2.26. The molecule has 1 aliphatic rings. The largest absolute Gasteiger partial charge is 0.497 e. The Morgan fingerprint density at radius 2 is 1.84 bits per heavy atom. The molecule has 1 saturated heterocycles. The van der Waals surface area contributed by atoms with Crippen molar-refractivity contribution in [3.8, 4) is 11.5 Å². The average molecular weight is 432 g/mol. The number of esters is 1. The van der Waals surface area contributed by atoms with E-state index in [4.69, 9.17) is 13.9 Å². The summed E-state index contributed by atoms with van der Waals surface area (Å²) in [4.78, 5) is 51.0. The normalized spacial score (nSPS) is 15.0. The second-order valence-electron chi connectivity index (χ2n) is 6.56. The number of carbonyl (C=O) groups excluding carboxylic acids is 4. The Morgan fingerprint density at radius 1 is 1.03 bits per heavy atom. The fourth-order valence-electron chi connectivity index (χ4n) is 3.03. The van der Waals surface area contributed by atoms with Gasteiger partial charge in [-0.3, -0.25) is 14.9 Å². The zero-order valence-electron chi connectivity index (χ0n) is 16.7. The molecule has 1 N–H and O–H groups in total. The van der Waals surface area contributed by atoms with Crippen LogP contribution in [0.5, 0.6) is 11.5 Å². The van der Waals surface area contributed by atoms with Crippen molar-refractivity contribution in [3.05, 3.63) is 83.8 Å². The van der Waals surface area contributed by atoms with Gasteiger partial charge in [-0.2, -0.15) is 0 Å². The topological polar surface area (TPSA) is 115 Å². The van der Waals surface area contributed by atoms with Crippen molar-refractivity contribution < 1.29 is 33.1 Å². The second kappa shape index (κ2) is 8.60. The first-order valence-electron chi connectivity index (χ1n) is 9.38. The summed E-state index contributed by atoms with van der Waals surface area (Å²) in [6.07, 6.45) is 2.59. The van der Waals surface area contributed by atoms with Gasteiger partial charge in [0.05, 0.1) is 19.1 Å². The van der Waals surface area contributed by atoms with E-state index in [-0.39, 0.29) is 28.3 Å². The minimum absolute atomic E-state index is 0.00580. The molecule has 1 aromatic heterocycles. The smallest absolute Gasteiger partial charge is 0.379 e. The lowest BCUT2D eigenvalue weighted by atomic mass is 10.1. The molecule has 0 saturated carbocycles. The first-order chi connectivity index (χ1) is 15.5. The number of rotatable bonds is 5. The molecule has 0 aliphatic carbocycles. The van der Waals surface area contributed by atoms with E-state index in [1.54, 1.807) is 36.4 Å². The summed E-state index contributed by atoms with van der Waals surface area (Å²) in [5, 5.41) is 2.14. The van der Waals surface area contributed by atoms with Crippen LogP contribution in [0.3, 0.4) is 0 Å². The van der Waals surface area contributed by atoms with Crippen molar-refractivity contribution >= 4 is 35.6 Å². The van der Waals surface area contributed by atoms with E-state index in [0.29, 0.717) is 5.75 Å². The highest BCUT2D eigenvalue weighted by Gasteiger charge is 2.37. The second-order valence-corrected chi connectivity index (χ2v) is 6.56. The molecule has 0 atom stereocenters. The van der Waals surface area contributed by atoms with E-state index in [1.165, 1.54) is 43.7 Å². The Labute approximate surface area is 181 Å². The number of methoxy groups -OCH3 is 1. The number of amides is 4. The number of ether oxygens (including phenoxy) is 2. The van der Waals surface area contributed by atoms with Gasteiger partial charge < -0.3 is 13.9 Å². The van der Waals surface area contributed by atoms with Gasteiger partial charge in [0.2, 0.25) is 5.76 Å². The molecule has 3 aromatic rings. The molecule has 160 valence electrons. The number of para-hydroxylation sites is 1. The predicted octanol–water partition coefficient (Wildman–Crippen LogP) is 3.17. The number of hydrogen-bond acceptors (Lipinski definition) is 7. The number of nitrogens with one attached hydrogen (secondary N) is 1. The van der Waals surface area contributed by atoms with Crippen molar-refractivity contribution in [2.24, 2.45) is 0 Å². The molecule has 1 fully saturated rings. The standard InChI is InChI=1S/C23H16N2O7/c1-30-16-8-4-7-15(13-16)25-21(27)17(20(26)24-23(25)29)12-14-6-2-3-9-18(14)32-22(28)19-10-5-11-31-19/h2-13H,1H3,(H,24,26,29)/b17-12-. The molecule has 9 heteroatoms. The Balaban J connectivity index is 1.69. The maximum Gasteiger partial charge on any atom is 0.379 e. The lowest BCUT2D eigenvalue weighted by molar-refractivity contribution is -0.122. The minimum atomic E-state index is -0.886. The summed E-state index contributed by atoms with van der Waals surface area (Å²) in [5.74, 6) is -1.92. The third kappa shape index (κ3) is 3.99. The van der Waals surface area contributed by atoms with Gasteiger partial charge in [0, 0.05) is 11.6 Å². The van der Waals surface area contributed by atoms with Crippen LogP contribution in [0, 0.1) is 0 Å². The van der Waals surface area contributed by atoms with E-state index in [9.17, 15) is 19.2 Å². The highest BCUT2D eigenvalue weighted by molar-refractivity contribution is 6.39. The van der Waals surface area contributed by atoms with Gasteiger partial charge in [0.1, 0.15) is 17.1 Å². The number of hydrogen-bond donors (Lipinski definition) is 1. The Hall–Kier alpha value is -4.66. The highest BCUT2D eigenvalue weighted by Crippen LogP contribution is 2.27. The quantitative estimate of drug-likeness (QED) is 0.285. The number of nitrogens with zero attached hydrogens (tertiary/aromatic N) is 1. The van der Waals surface area contributed by atoms with Crippen LogP contribution in [0.15, 0.2) is 76.9 Å². The Kier molecular flexibility index (Phi) is 5.54. The number of imide groups is 2. The van der Waals surface area contributed by atoms with Crippen LogP contribution in [0.2, 0.25) is 0 Å². The van der Waals surface area contributed by atoms with Crippen molar-refractivity contribution in [3.63, 3.8) is 0 Å². The summed E-state index contributed by atoms with van der Waals surface area (Å²) in [6, 6.07) is 14.7. The average Bonchev–Trinajstić information content (AvgIpc) is 3.33. The van der Waals surface area contributed by atoms with Gasteiger partial charge >= 0.3 is 12.0 Å². The first-order valence-corrected chi connectivity index (χ1v) is 9.38. The zero-order chi connectivity index (χ0) is 22.7. The third-order valence-electron chi connectivity index (χ3n) is 4.56. The molecule has 0 radical (unpaired) electrons. The molecule has 0 unspecified atom stereocenters. The molecular formula is C23H16N2O7. The van der Waals surface area contributed by atoms with Crippen LogP contribution in [0.25, 0.3) is 6.08 Å². The number of benzene rings is 2. The Bertz CT molecular complexity index is 1240. The fraction of sp³-hybridized carbons (Fsp3) is 0.0435. The van der Waals surface area contributed by atoms with Crippen LogP contribution >= 0.6 is 0 Å². The van der Waals surface area contributed by atoms with Gasteiger partial charge in [-0.05, 0) is 36.4 Å². The van der Waals surface area contributed by atoms with Gasteiger partial charge in [-0.25, -0.2) is 14.5 Å². The van der Waals surface area contributed by atoms with E-state index in [1.807, 2.05) is 0 Å². The SMILES string of the molecule is COc1cccc(N2C(=O)NC(=O)/C(=C/c3ccccc3OC(=O)c3ccco3)C2=O)c1. The predicted molar refractivity (Wildman–Crippen MR) is 112 cm³/mol. The maximum atomic E-state index is 13.1. The molecular weight excluding hydrogens is 416 g/mol. The zero-order valence-corrected chi connectivity index (χ0v) is 16.7. The van der Waals surface area contributed by atoms with Crippen molar-refractivity contribution in [2.75, 3.05) is 12.0 Å². The molecule has 9 nitrogen and oxygen atoms in total. The number of urea groups is 1. The number of barbiturate groups is 1. The highest BCUT2D eigenvalue weighted by atomic mass is 16.5. The van der Waals surface area contributed by atoms with Crippen LogP contribution < -0.4 is 19.7 Å². The molecule has 0 bridgehead atoms. The molecule has 0 spiro atoms. The third-order valence-corrected chi connectivity index (χ3v) is 4.56. The number of carbonyl (C=O) groups is 4. The molecule has 32 heavy (non-hydrogen) atoms. The summed E-state index contributed by atoms with van der Waals surface area (Å²) < 4.78 is 15.5. The van der Waals surface area contributed by atoms with E-state index < -0.39 is 23.8 Å². The molecule has 2 heterocycles. The maximum absolute atomic E-state index is 13.1. The molecule has 2 aromatic carbocycles. The first kappa shape index (κ1) is 20.6. The van der Waals surface area contributed by atoms with Crippen LogP contribution in [-0.4, -0.2) is 30.9 Å². The monoisotopic (exact) mass is 432 g/mol. The fourth-order valence-corrected chi connectivity index (χ4v) is 3.03. The number of furan rings is 1. The molecule has 1 aliphatic heterocycles. The van der Waals surface area contributed by atoms with E-state index >= 15 is 0 Å². The van der Waals surface area contributed by atoms with Gasteiger partial charge in [0.15, 0.2) is 0 Å². The van der Waals surface area contributed by atoms with Gasteiger partial charge in [-0.1, -0.05) is 24.3 Å². The summed E-state index contributed by atoms with van der Waals surface area (Å²) in [7, 11) is 1.45. The Morgan fingerprint density at radius 3 is 2.59 bits per heavy atom. The molecule has 4 amide bonds. The summed E-state index contributed by atoms with van der Waals surface area (Å²) in [6.45, 7) is 0. The van der Waals surface area contributed by atoms with Crippen molar-refractivity contribution in [1.29, 1.82) is 0 Å². The van der Waals surface area contributed by atoms with Gasteiger partial charge in [0.25, 0.3) is 11.8 Å².